The molecule has 1 amide bonds. The molecule has 4 nitrogen and oxygen atoms in total. The van der Waals surface area contributed by atoms with Gasteiger partial charge in [-0.15, -0.1) is 0 Å². The van der Waals surface area contributed by atoms with E-state index in [2.05, 4.69) is 10.3 Å². The molecule has 16 heavy (non-hydrogen) atoms. The number of aliphatic hydroxyl groups excluding tert-OH is 1. The second kappa shape index (κ2) is 4.80. The highest BCUT2D eigenvalue weighted by Gasteiger charge is 2.27. The predicted octanol–water partition coefficient (Wildman–Crippen LogP) is 1.24. The smallest absolute Gasteiger partial charge is 0.254 e. The summed E-state index contributed by atoms with van der Waals surface area (Å²) in [6, 6.07) is 3.31. The van der Waals surface area contributed by atoms with Crippen molar-refractivity contribution in [3.05, 3.63) is 29.0 Å². The van der Waals surface area contributed by atoms with Gasteiger partial charge in [0.2, 0.25) is 0 Å². The molecule has 1 aliphatic carbocycles. The molecule has 1 fully saturated rings. The van der Waals surface area contributed by atoms with Crippen LogP contribution in [0.1, 0.15) is 23.2 Å². The molecular weight excluding hydrogens is 228 g/mol. The lowest BCUT2D eigenvalue weighted by Gasteiger charge is -2.31. The number of amides is 1. The standard InChI is InChI=1S/C11H13ClN2O2/c12-10-9(2-1-3-13-10)11(16)14-6-7-4-8(15)5-7/h1-3,7-8,15H,4-6H2,(H,14,16). The van der Waals surface area contributed by atoms with Crippen LogP contribution in [0.4, 0.5) is 0 Å². The van der Waals surface area contributed by atoms with Crippen molar-refractivity contribution >= 4 is 17.5 Å². The maximum atomic E-state index is 11.7. The molecule has 0 unspecified atom stereocenters. The van der Waals surface area contributed by atoms with Gasteiger partial charge in [0.15, 0.2) is 0 Å². The van der Waals surface area contributed by atoms with Crippen LogP contribution in [0, 0.1) is 5.92 Å². The van der Waals surface area contributed by atoms with E-state index in [1.54, 1.807) is 18.3 Å². The van der Waals surface area contributed by atoms with Crippen LogP contribution in [0.25, 0.3) is 0 Å². The van der Waals surface area contributed by atoms with E-state index in [0.29, 0.717) is 18.0 Å². The normalized spacial score (nSPS) is 23.6. The van der Waals surface area contributed by atoms with E-state index < -0.39 is 0 Å². The van der Waals surface area contributed by atoms with Crippen molar-refractivity contribution in [2.75, 3.05) is 6.54 Å². The molecule has 1 aliphatic rings. The summed E-state index contributed by atoms with van der Waals surface area (Å²) in [5.41, 5.74) is 0.393. The zero-order valence-electron chi connectivity index (χ0n) is 8.69. The van der Waals surface area contributed by atoms with Gasteiger partial charge in [0.25, 0.3) is 5.91 Å². The Kier molecular flexibility index (Phi) is 3.41. The van der Waals surface area contributed by atoms with Crippen LogP contribution >= 0.6 is 11.6 Å². The molecule has 0 atom stereocenters. The summed E-state index contributed by atoms with van der Waals surface area (Å²) in [5, 5.41) is 12.1. The summed E-state index contributed by atoms with van der Waals surface area (Å²) in [6.45, 7) is 0.584. The Balaban J connectivity index is 1.86. The molecule has 5 heteroatoms. The first-order valence-corrected chi connectivity index (χ1v) is 5.61. The SMILES string of the molecule is O=C(NCC1CC(O)C1)c1cccnc1Cl. The van der Waals surface area contributed by atoms with Crippen LogP contribution in [-0.2, 0) is 0 Å². The minimum atomic E-state index is -0.209. The molecule has 0 spiro atoms. The lowest BCUT2D eigenvalue weighted by atomic mass is 9.82. The first kappa shape index (κ1) is 11.4. The van der Waals surface area contributed by atoms with E-state index in [1.807, 2.05) is 0 Å². The van der Waals surface area contributed by atoms with Gasteiger partial charge in [-0.3, -0.25) is 4.79 Å². The Morgan fingerprint density at radius 1 is 1.62 bits per heavy atom. The zero-order valence-corrected chi connectivity index (χ0v) is 9.44. The zero-order chi connectivity index (χ0) is 11.5. The van der Waals surface area contributed by atoms with Crippen molar-refractivity contribution in [3.63, 3.8) is 0 Å². The second-order valence-electron chi connectivity index (χ2n) is 4.04. The third kappa shape index (κ3) is 2.51. The summed E-state index contributed by atoms with van der Waals surface area (Å²) in [4.78, 5) is 15.5. The lowest BCUT2D eigenvalue weighted by Crippen LogP contribution is -2.38. The third-order valence-electron chi connectivity index (χ3n) is 2.77. The minimum Gasteiger partial charge on any atom is -0.393 e. The minimum absolute atomic E-state index is 0.191. The molecule has 0 bridgehead atoms. The van der Waals surface area contributed by atoms with Crippen LogP contribution < -0.4 is 5.32 Å². The van der Waals surface area contributed by atoms with Crippen molar-refractivity contribution in [2.45, 2.75) is 18.9 Å². The first-order valence-electron chi connectivity index (χ1n) is 5.23. The lowest BCUT2D eigenvalue weighted by molar-refractivity contribution is 0.0420. The number of carbonyl (C=O) groups excluding carboxylic acids is 1. The number of nitrogens with zero attached hydrogens (tertiary/aromatic N) is 1. The van der Waals surface area contributed by atoms with Crippen molar-refractivity contribution in [1.29, 1.82) is 0 Å². The molecule has 1 aromatic heterocycles. The van der Waals surface area contributed by atoms with Crippen LogP contribution in [0.2, 0.25) is 5.15 Å². The largest absolute Gasteiger partial charge is 0.393 e. The number of rotatable bonds is 3. The second-order valence-corrected chi connectivity index (χ2v) is 4.40. The van der Waals surface area contributed by atoms with E-state index in [-0.39, 0.29) is 17.2 Å². The van der Waals surface area contributed by atoms with Gasteiger partial charge in [-0.05, 0) is 30.9 Å². The molecule has 0 radical (unpaired) electrons. The fourth-order valence-corrected chi connectivity index (χ4v) is 1.96. The van der Waals surface area contributed by atoms with Gasteiger partial charge >= 0.3 is 0 Å². The van der Waals surface area contributed by atoms with Gasteiger partial charge in [-0.2, -0.15) is 0 Å². The number of hydrogen-bond acceptors (Lipinski definition) is 3. The monoisotopic (exact) mass is 240 g/mol. The molecule has 0 aromatic carbocycles. The summed E-state index contributed by atoms with van der Waals surface area (Å²) in [7, 11) is 0. The van der Waals surface area contributed by atoms with Crippen LogP contribution in [0.5, 0.6) is 0 Å². The quantitative estimate of drug-likeness (QED) is 0.782. The van der Waals surface area contributed by atoms with E-state index in [9.17, 15) is 4.79 Å². The van der Waals surface area contributed by atoms with E-state index in [4.69, 9.17) is 16.7 Å². The number of pyridine rings is 1. The fourth-order valence-electron chi connectivity index (χ4n) is 1.75. The molecule has 86 valence electrons. The number of hydrogen-bond donors (Lipinski definition) is 2. The third-order valence-corrected chi connectivity index (χ3v) is 3.07. The highest BCUT2D eigenvalue weighted by Crippen LogP contribution is 2.26. The van der Waals surface area contributed by atoms with Crippen molar-refractivity contribution in [2.24, 2.45) is 5.92 Å². The number of nitrogens with one attached hydrogen (secondary N) is 1. The van der Waals surface area contributed by atoms with E-state index in [0.717, 1.165) is 12.8 Å². The Bertz CT molecular complexity index is 391. The maximum Gasteiger partial charge on any atom is 0.254 e. The van der Waals surface area contributed by atoms with Crippen LogP contribution in [0.15, 0.2) is 18.3 Å². The van der Waals surface area contributed by atoms with Crippen LogP contribution in [-0.4, -0.2) is 28.6 Å². The van der Waals surface area contributed by atoms with Crippen LogP contribution in [0.3, 0.4) is 0 Å². The summed E-state index contributed by atoms with van der Waals surface area (Å²) < 4.78 is 0. The summed E-state index contributed by atoms with van der Waals surface area (Å²) >= 11 is 5.79. The summed E-state index contributed by atoms with van der Waals surface area (Å²) in [6.07, 6.45) is 2.88. The average molecular weight is 241 g/mol. The Labute approximate surface area is 98.6 Å². The Morgan fingerprint density at radius 2 is 2.38 bits per heavy atom. The maximum absolute atomic E-state index is 11.7. The van der Waals surface area contributed by atoms with Crippen molar-refractivity contribution in [3.8, 4) is 0 Å². The van der Waals surface area contributed by atoms with Gasteiger partial charge in [0, 0.05) is 12.7 Å². The Morgan fingerprint density at radius 3 is 3.00 bits per heavy atom. The molecule has 2 rings (SSSR count). The van der Waals surface area contributed by atoms with Crippen molar-refractivity contribution in [1.82, 2.24) is 10.3 Å². The summed E-state index contributed by atoms with van der Waals surface area (Å²) in [5.74, 6) is 0.175. The van der Waals surface area contributed by atoms with E-state index in [1.165, 1.54) is 0 Å². The van der Waals surface area contributed by atoms with Gasteiger partial charge in [0.1, 0.15) is 5.15 Å². The molecule has 0 aliphatic heterocycles. The average Bonchev–Trinajstić information content (AvgIpc) is 2.23. The highest BCUT2D eigenvalue weighted by molar-refractivity contribution is 6.32. The fraction of sp³-hybridized carbons (Fsp3) is 0.455. The number of aromatic nitrogens is 1. The number of aliphatic hydroxyl groups is 1. The predicted molar refractivity (Wildman–Crippen MR) is 60.3 cm³/mol. The molecular formula is C11H13ClN2O2. The van der Waals surface area contributed by atoms with Gasteiger partial charge < -0.3 is 10.4 Å². The highest BCUT2D eigenvalue weighted by atomic mass is 35.5. The molecule has 0 saturated heterocycles. The van der Waals surface area contributed by atoms with Gasteiger partial charge in [-0.25, -0.2) is 4.98 Å². The van der Waals surface area contributed by atoms with Gasteiger partial charge in [-0.1, -0.05) is 11.6 Å². The van der Waals surface area contributed by atoms with E-state index >= 15 is 0 Å². The number of carbonyl (C=O) groups is 1. The first-order chi connectivity index (χ1) is 7.66. The Hall–Kier alpha value is -1.13. The molecule has 2 N–H and O–H groups in total. The van der Waals surface area contributed by atoms with Crippen molar-refractivity contribution < 1.29 is 9.90 Å². The topological polar surface area (TPSA) is 62.2 Å². The van der Waals surface area contributed by atoms with Gasteiger partial charge in [0.05, 0.1) is 11.7 Å². The molecule has 1 aromatic rings. The number of halogens is 1. The molecule has 1 saturated carbocycles. The molecule has 1 heterocycles.